The van der Waals surface area contributed by atoms with Crippen molar-refractivity contribution >= 4 is 12.1 Å². The summed E-state index contributed by atoms with van der Waals surface area (Å²) >= 11 is 0. The second kappa shape index (κ2) is 5.07. The van der Waals surface area contributed by atoms with Crippen LogP contribution in [0, 0.1) is 0 Å². The van der Waals surface area contributed by atoms with Gasteiger partial charge in [-0.1, -0.05) is 6.92 Å². The Balaban J connectivity index is 2.30. The first kappa shape index (κ1) is 11.1. The highest BCUT2D eigenvalue weighted by molar-refractivity contribution is 5.82. The van der Waals surface area contributed by atoms with E-state index in [9.17, 15) is 4.79 Å². The van der Waals surface area contributed by atoms with Crippen LogP contribution in [0.3, 0.4) is 0 Å². The quantitative estimate of drug-likeness (QED) is 0.724. The van der Waals surface area contributed by atoms with Gasteiger partial charge in [0.25, 0.3) is 0 Å². The van der Waals surface area contributed by atoms with Gasteiger partial charge in [-0.25, -0.2) is 4.98 Å². The first-order valence-corrected chi connectivity index (χ1v) is 5.61. The number of ether oxygens (including phenoxy) is 1. The Kier molecular flexibility index (Phi) is 3.51. The molecule has 86 valence electrons. The van der Waals surface area contributed by atoms with E-state index in [1.807, 2.05) is 0 Å². The van der Waals surface area contributed by atoms with Gasteiger partial charge < -0.3 is 9.64 Å². The van der Waals surface area contributed by atoms with Gasteiger partial charge in [0, 0.05) is 12.7 Å². The molecule has 0 bridgehead atoms. The summed E-state index contributed by atoms with van der Waals surface area (Å²) in [6.07, 6.45) is 3.59. The lowest BCUT2D eigenvalue weighted by Gasteiger charge is -2.36. The molecule has 0 amide bonds. The molecule has 0 spiro atoms. The minimum atomic E-state index is 0.322. The van der Waals surface area contributed by atoms with Crippen LogP contribution in [0.2, 0.25) is 0 Å². The summed E-state index contributed by atoms with van der Waals surface area (Å²) in [7, 11) is 0. The zero-order valence-corrected chi connectivity index (χ0v) is 9.43. The van der Waals surface area contributed by atoms with E-state index in [1.165, 1.54) is 0 Å². The third-order valence-electron chi connectivity index (χ3n) is 2.91. The van der Waals surface area contributed by atoms with Gasteiger partial charge in [-0.3, -0.25) is 4.79 Å². The molecule has 4 heteroatoms. The first-order valence-electron chi connectivity index (χ1n) is 5.61. The van der Waals surface area contributed by atoms with Crippen LogP contribution in [0.1, 0.15) is 23.7 Å². The van der Waals surface area contributed by atoms with Gasteiger partial charge in [0.1, 0.15) is 5.82 Å². The molecule has 2 heterocycles. The van der Waals surface area contributed by atoms with Crippen molar-refractivity contribution in [1.29, 1.82) is 0 Å². The van der Waals surface area contributed by atoms with E-state index < -0.39 is 0 Å². The molecule has 0 radical (unpaired) electrons. The molecule has 0 saturated carbocycles. The molecule has 1 saturated heterocycles. The normalized spacial score (nSPS) is 20.8. The Morgan fingerprint density at radius 1 is 1.69 bits per heavy atom. The summed E-state index contributed by atoms with van der Waals surface area (Å²) < 4.78 is 5.44. The SMILES string of the molecule is CCC1COCCN1c1ncccc1C=O. The van der Waals surface area contributed by atoms with Crippen LogP contribution in [0.4, 0.5) is 5.82 Å². The second-order valence-corrected chi connectivity index (χ2v) is 3.86. The van der Waals surface area contributed by atoms with Gasteiger partial charge in [0.15, 0.2) is 6.29 Å². The molecular weight excluding hydrogens is 204 g/mol. The van der Waals surface area contributed by atoms with Crippen molar-refractivity contribution in [2.24, 2.45) is 0 Å². The fourth-order valence-electron chi connectivity index (χ4n) is 2.01. The van der Waals surface area contributed by atoms with Crippen LogP contribution < -0.4 is 4.90 Å². The molecule has 1 fully saturated rings. The highest BCUT2D eigenvalue weighted by Crippen LogP contribution is 2.21. The number of aldehydes is 1. The number of nitrogens with zero attached hydrogens (tertiary/aromatic N) is 2. The molecule has 4 nitrogen and oxygen atoms in total. The van der Waals surface area contributed by atoms with E-state index in [0.717, 1.165) is 25.1 Å². The van der Waals surface area contributed by atoms with Crippen molar-refractivity contribution in [3.8, 4) is 0 Å². The molecule has 0 aromatic carbocycles. The van der Waals surface area contributed by atoms with Crippen LogP contribution in [0.25, 0.3) is 0 Å². The Labute approximate surface area is 95.2 Å². The second-order valence-electron chi connectivity index (χ2n) is 3.86. The summed E-state index contributed by atoms with van der Waals surface area (Å²) in [5.41, 5.74) is 0.655. The summed E-state index contributed by atoms with van der Waals surface area (Å²) in [6, 6.07) is 3.91. The summed E-state index contributed by atoms with van der Waals surface area (Å²) in [4.78, 5) is 17.5. The molecule has 0 aliphatic carbocycles. The van der Waals surface area contributed by atoms with Crippen molar-refractivity contribution in [2.45, 2.75) is 19.4 Å². The molecule has 2 rings (SSSR count). The molecule has 1 aliphatic heterocycles. The maximum atomic E-state index is 11.0. The van der Waals surface area contributed by atoms with Crippen molar-refractivity contribution < 1.29 is 9.53 Å². The van der Waals surface area contributed by atoms with Gasteiger partial charge in [0.2, 0.25) is 0 Å². The monoisotopic (exact) mass is 220 g/mol. The average molecular weight is 220 g/mol. The standard InChI is InChI=1S/C12H16N2O2/c1-2-11-9-16-7-6-14(11)12-10(8-15)4-3-5-13-12/h3-5,8,11H,2,6-7,9H2,1H3. The Bertz CT molecular complexity index is 368. The first-order chi connectivity index (χ1) is 7.86. The zero-order chi connectivity index (χ0) is 11.4. The lowest BCUT2D eigenvalue weighted by Crippen LogP contribution is -2.46. The molecule has 1 unspecified atom stereocenters. The van der Waals surface area contributed by atoms with Crippen molar-refractivity contribution in [3.05, 3.63) is 23.9 Å². The van der Waals surface area contributed by atoms with Crippen molar-refractivity contribution in [1.82, 2.24) is 4.98 Å². The smallest absolute Gasteiger partial charge is 0.153 e. The number of carbonyl (C=O) groups is 1. The number of pyridine rings is 1. The summed E-state index contributed by atoms with van der Waals surface area (Å²) in [5, 5.41) is 0. The van der Waals surface area contributed by atoms with Crippen molar-refractivity contribution in [2.75, 3.05) is 24.7 Å². The molecule has 1 aliphatic rings. The molecule has 1 aromatic heterocycles. The Morgan fingerprint density at radius 2 is 2.56 bits per heavy atom. The van der Waals surface area contributed by atoms with Gasteiger partial charge in [0.05, 0.1) is 24.8 Å². The van der Waals surface area contributed by atoms with E-state index in [0.29, 0.717) is 24.8 Å². The number of morpholine rings is 1. The summed E-state index contributed by atoms with van der Waals surface area (Å²) in [5.74, 6) is 0.785. The van der Waals surface area contributed by atoms with Gasteiger partial charge in [-0.15, -0.1) is 0 Å². The van der Waals surface area contributed by atoms with E-state index in [-0.39, 0.29) is 0 Å². The highest BCUT2D eigenvalue weighted by atomic mass is 16.5. The fourth-order valence-corrected chi connectivity index (χ4v) is 2.01. The number of hydrogen-bond acceptors (Lipinski definition) is 4. The van der Waals surface area contributed by atoms with E-state index in [2.05, 4.69) is 16.8 Å². The third-order valence-corrected chi connectivity index (χ3v) is 2.91. The topological polar surface area (TPSA) is 42.4 Å². The molecule has 16 heavy (non-hydrogen) atoms. The van der Waals surface area contributed by atoms with Crippen LogP contribution >= 0.6 is 0 Å². The molecule has 1 atom stereocenters. The Hall–Kier alpha value is -1.42. The molecule has 0 N–H and O–H groups in total. The fraction of sp³-hybridized carbons (Fsp3) is 0.500. The number of anilines is 1. The van der Waals surface area contributed by atoms with Crippen LogP contribution in [0.15, 0.2) is 18.3 Å². The predicted octanol–water partition coefficient (Wildman–Crippen LogP) is 1.51. The van der Waals surface area contributed by atoms with Gasteiger partial charge in [-0.05, 0) is 18.6 Å². The number of rotatable bonds is 3. The van der Waals surface area contributed by atoms with Crippen LogP contribution in [-0.2, 0) is 4.74 Å². The van der Waals surface area contributed by atoms with Crippen LogP contribution in [-0.4, -0.2) is 37.1 Å². The highest BCUT2D eigenvalue weighted by Gasteiger charge is 2.24. The molecule has 1 aromatic rings. The average Bonchev–Trinajstić information content (AvgIpc) is 2.38. The number of carbonyl (C=O) groups excluding carboxylic acids is 1. The van der Waals surface area contributed by atoms with E-state index >= 15 is 0 Å². The third kappa shape index (κ3) is 2.07. The van der Waals surface area contributed by atoms with Crippen molar-refractivity contribution in [3.63, 3.8) is 0 Å². The number of aromatic nitrogens is 1. The minimum absolute atomic E-state index is 0.322. The molecular formula is C12H16N2O2. The van der Waals surface area contributed by atoms with Gasteiger partial charge >= 0.3 is 0 Å². The Morgan fingerprint density at radius 3 is 3.31 bits per heavy atom. The van der Waals surface area contributed by atoms with Crippen LogP contribution in [0.5, 0.6) is 0 Å². The maximum Gasteiger partial charge on any atom is 0.153 e. The number of hydrogen-bond donors (Lipinski definition) is 0. The minimum Gasteiger partial charge on any atom is -0.377 e. The van der Waals surface area contributed by atoms with E-state index in [1.54, 1.807) is 18.3 Å². The predicted molar refractivity (Wildman–Crippen MR) is 61.9 cm³/mol. The maximum absolute atomic E-state index is 11.0. The van der Waals surface area contributed by atoms with E-state index in [4.69, 9.17) is 4.74 Å². The van der Waals surface area contributed by atoms with Gasteiger partial charge in [-0.2, -0.15) is 0 Å². The zero-order valence-electron chi connectivity index (χ0n) is 9.43. The summed E-state index contributed by atoms with van der Waals surface area (Å²) in [6.45, 7) is 4.34. The lowest BCUT2D eigenvalue weighted by molar-refractivity contribution is 0.0922. The largest absolute Gasteiger partial charge is 0.377 e. The lowest BCUT2D eigenvalue weighted by atomic mass is 10.1.